The van der Waals surface area contributed by atoms with E-state index in [1.807, 2.05) is 48.5 Å². The Bertz CT molecular complexity index is 1020. The SMILES string of the molecule is CCC(C)CC(=O)Oc1ccc(C[C@H](N)C(=O)O[C@@H](C)[C@H](C)OC(=O)OCC(C)(C)C)cc1OC(=O)CC(C)CC. The largest absolute Gasteiger partial charge is 0.508 e. The third-order valence-corrected chi connectivity index (χ3v) is 6.51. The van der Waals surface area contributed by atoms with Crippen molar-refractivity contribution in [2.24, 2.45) is 23.0 Å². The number of benzene rings is 1. The van der Waals surface area contributed by atoms with E-state index in [4.69, 9.17) is 29.4 Å². The average molecular weight is 580 g/mol. The van der Waals surface area contributed by atoms with Crippen LogP contribution in [0.1, 0.15) is 93.6 Å². The predicted octanol–water partition coefficient (Wildman–Crippen LogP) is 5.76. The van der Waals surface area contributed by atoms with Gasteiger partial charge in [-0.15, -0.1) is 0 Å². The lowest BCUT2D eigenvalue weighted by Crippen LogP contribution is -2.39. The molecule has 232 valence electrons. The monoisotopic (exact) mass is 579 g/mol. The van der Waals surface area contributed by atoms with Gasteiger partial charge in [0.05, 0.1) is 6.61 Å². The maximum absolute atomic E-state index is 12.7. The maximum Gasteiger partial charge on any atom is 0.508 e. The summed E-state index contributed by atoms with van der Waals surface area (Å²) >= 11 is 0. The highest BCUT2D eigenvalue weighted by Crippen LogP contribution is 2.31. The molecule has 10 heteroatoms. The molecule has 5 atom stereocenters. The van der Waals surface area contributed by atoms with Crippen LogP contribution in [0.2, 0.25) is 0 Å². The van der Waals surface area contributed by atoms with Crippen LogP contribution in [-0.2, 0) is 35.0 Å². The molecular weight excluding hydrogens is 530 g/mol. The van der Waals surface area contributed by atoms with Crippen molar-refractivity contribution in [1.29, 1.82) is 0 Å². The van der Waals surface area contributed by atoms with Crippen LogP contribution in [0.15, 0.2) is 18.2 Å². The third kappa shape index (κ3) is 14.4. The van der Waals surface area contributed by atoms with Gasteiger partial charge in [-0.2, -0.15) is 0 Å². The van der Waals surface area contributed by atoms with E-state index in [0.29, 0.717) is 5.56 Å². The summed E-state index contributed by atoms with van der Waals surface area (Å²) < 4.78 is 26.8. The first kappa shape index (κ1) is 35.9. The summed E-state index contributed by atoms with van der Waals surface area (Å²) in [6.07, 6.45) is -0.268. The summed E-state index contributed by atoms with van der Waals surface area (Å²) in [5, 5.41) is 0. The van der Waals surface area contributed by atoms with E-state index >= 15 is 0 Å². The molecular formula is C31H49NO9. The Morgan fingerprint density at radius 1 is 0.805 bits per heavy atom. The van der Waals surface area contributed by atoms with Crippen LogP contribution in [0.4, 0.5) is 4.79 Å². The normalized spacial score (nSPS) is 15.1. The number of ether oxygens (including phenoxy) is 5. The van der Waals surface area contributed by atoms with Crippen molar-refractivity contribution < 1.29 is 42.9 Å². The Balaban J connectivity index is 2.91. The minimum atomic E-state index is -1.06. The Hall–Kier alpha value is -3.14. The Morgan fingerprint density at radius 2 is 1.32 bits per heavy atom. The van der Waals surface area contributed by atoms with Gasteiger partial charge in [-0.3, -0.25) is 14.4 Å². The number of carbonyl (C=O) groups excluding carboxylic acids is 4. The highest BCUT2D eigenvalue weighted by Gasteiger charge is 2.26. The van der Waals surface area contributed by atoms with Gasteiger partial charge in [-0.1, -0.05) is 67.4 Å². The number of esters is 3. The van der Waals surface area contributed by atoms with E-state index in [1.54, 1.807) is 19.9 Å². The molecule has 0 saturated heterocycles. The highest BCUT2D eigenvalue weighted by atomic mass is 16.7. The molecule has 1 aromatic rings. The second-order valence-electron chi connectivity index (χ2n) is 12.0. The minimum Gasteiger partial charge on any atom is -0.458 e. The van der Waals surface area contributed by atoms with Crippen molar-refractivity contribution in [2.75, 3.05) is 6.61 Å². The highest BCUT2D eigenvalue weighted by molar-refractivity contribution is 5.77. The molecule has 0 spiro atoms. The molecule has 2 N–H and O–H groups in total. The standard InChI is InChI=1S/C31H49NO9/c1-10-19(3)14-27(33)40-25-13-12-23(17-26(25)41-28(34)15-20(4)11-2)16-24(32)29(35)38-21(5)22(6)39-30(36)37-18-31(7,8)9/h12-13,17,19-22,24H,10-11,14-16,18,32H2,1-9H3/t19?,20?,21-,22-,24-/m0/s1. The fourth-order valence-corrected chi connectivity index (χ4v) is 3.29. The lowest BCUT2D eigenvalue weighted by molar-refractivity contribution is -0.155. The van der Waals surface area contributed by atoms with E-state index in [1.165, 1.54) is 12.1 Å². The van der Waals surface area contributed by atoms with Gasteiger partial charge >= 0.3 is 24.1 Å². The maximum atomic E-state index is 12.7. The fourth-order valence-electron chi connectivity index (χ4n) is 3.29. The van der Waals surface area contributed by atoms with Gasteiger partial charge in [0.2, 0.25) is 0 Å². The minimum absolute atomic E-state index is 0.0609. The molecule has 0 aromatic heterocycles. The smallest absolute Gasteiger partial charge is 0.458 e. The molecule has 1 aromatic carbocycles. The predicted molar refractivity (Wildman–Crippen MR) is 154 cm³/mol. The van der Waals surface area contributed by atoms with Crippen LogP contribution in [0.25, 0.3) is 0 Å². The first-order chi connectivity index (χ1) is 19.0. The second-order valence-corrected chi connectivity index (χ2v) is 12.0. The van der Waals surface area contributed by atoms with Crippen LogP contribution >= 0.6 is 0 Å². The van der Waals surface area contributed by atoms with E-state index < -0.39 is 42.3 Å². The average Bonchev–Trinajstić information content (AvgIpc) is 2.87. The molecule has 0 aliphatic rings. The third-order valence-electron chi connectivity index (χ3n) is 6.51. The summed E-state index contributed by atoms with van der Waals surface area (Å²) in [6, 6.07) is 3.65. The summed E-state index contributed by atoms with van der Waals surface area (Å²) in [5.41, 5.74) is 6.48. The van der Waals surface area contributed by atoms with Crippen molar-refractivity contribution in [2.45, 2.75) is 113 Å². The molecule has 41 heavy (non-hydrogen) atoms. The molecule has 0 radical (unpaired) electrons. The van der Waals surface area contributed by atoms with Crippen LogP contribution in [-0.4, -0.2) is 48.9 Å². The molecule has 0 bridgehead atoms. The van der Waals surface area contributed by atoms with Crippen molar-refractivity contribution in [3.8, 4) is 11.5 Å². The summed E-state index contributed by atoms with van der Waals surface area (Å²) in [4.78, 5) is 49.6. The van der Waals surface area contributed by atoms with Gasteiger partial charge in [-0.25, -0.2) is 4.79 Å². The topological polar surface area (TPSA) is 140 Å². The van der Waals surface area contributed by atoms with Gasteiger partial charge in [0.25, 0.3) is 0 Å². The number of hydrogen-bond acceptors (Lipinski definition) is 10. The first-order valence-electron chi connectivity index (χ1n) is 14.4. The zero-order chi connectivity index (χ0) is 31.3. The molecule has 1 rings (SSSR count). The molecule has 0 aliphatic carbocycles. The van der Waals surface area contributed by atoms with Crippen molar-refractivity contribution in [3.63, 3.8) is 0 Å². The molecule has 0 heterocycles. The fraction of sp³-hybridized carbons (Fsp3) is 0.677. The summed E-state index contributed by atoms with van der Waals surface area (Å²) in [5.74, 6) is -1.12. The first-order valence-corrected chi connectivity index (χ1v) is 14.4. The van der Waals surface area contributed by atoms with Crippen molar-refractivity contribution >= 4 is 24.1 Å². The quantitative estimate of drug-likeness (QED) is 0.201. The van der Waals surface area contributed by atoms with Gasteiger partial charge < -0.3 is 29.4 Å². The lowest BCUT2D eigenvalue weighted by atomic mass is 9.99. The molecule has 10 nitrogen and oxygen atoms in total. The van der Waals surface area contributed by atoms with Crippen molar-refractivity contribution in [3.05, 3.63) is 23.8 Å². The zero-order valence-corrected chi connectivity index (χ0v) is 26.1. The number of hydrogen-bond donors (Lipinski definition) is 1. The molecule has 0 amide bonds. The van der Waals surface area contributed by atoms with Gasteiger partial charge in [0.1, 0.15) is 18.2 Å². The van der Waals surface area contributed by atoms with Crippen LogP contribution in [0, 0.1) is 17.3 Å². The molecule has 0 fully saturated rings. The van der Waals surface area contributed by atoms with Crippen LogP contribution in [0.5, 0.6) is 11.5 Å². The Morgan fingerprint density at radius 3 is 1.83 bits per heavy atom. The number of rotatable bonds is 15. The van der Waals surface area contributed by atoms with Gasteiger partial charge in [0.15, 0.2) is 11.5 Å². The lowest BCUT2D eigenvalue weighted by Gasteiger charge is -2.23. The zero-order valence-electron chi connectivity index (χ0n) is 26.1. The Labute approximate surface area is 244 Å². The second kappa shape index (κ2) is 17.0. The van der Waals surface area contributed by atoms with Crippen molar-refractivity contribution in [1.82, 2.24) is 0 Å². The molecule has 2 unspecified atom stereocenters. The number of carbonyl (C=O) groups is 4. The summed E-state index contributed by atoms with van der Waals surface area (Å²) in [6.45, 7) is 17.0. The van der Waals surface area contributed by atoms with Crippen LogP contribution in [0.3, 0.4) is 0 Å². The molecule has 0 aliphatic heterocycles. The van der Waals surface area contributed by atoms with Gasteiger partial charge in [0, 0.05) is 12.8 Å². The van der Waals surface area contributed by atoms with Gasteiger partial charge in [-0.05, 0) is 55.2 Å². The van der Waals surface area contributed by atoms with E-state index in [9.17, 15) is 19.2 Å². The molecule has 0 saturated carbocycles. The van der Waals surface area contributed by atoms with E-state index in [-0.39, 0.29) is 54.6 Å². The number of nitrogens with two attached hydrogens (primary N) is 1. The summed E-state index contributed by atoms with van der Waals surface area (Å²) in [7, 11) is 0. The van der Waals surface area contributed by atoms with E-state index in [2.05, 4.69) is 0 Å². The van der Waals surface area contributed by atoms with E-state index in [0.717, 1.165) is 12.8 Å². The van der Waals surface area contributed by atoms with Crippen LogP contribution < -0.4 is 15.2 Å². The Kier molecular flexibility index (Phi) is 14.8.